The maximum absolute atomic E-state index is 12.7. The predicted octanol–water partition coefficient (Wildman–Crippen LogP) is 2.61. The topological polar surface area (TPSA) is 37.4 Å². The van der Waals surface area contributed by atoms with E-state index in [0.717, 1.165) is 23.2 Å². The van der Waals surface area contributed by atoms with Crippen molar-refractivity contribution >= 4 is 17.5 Å². The highest BCUT2D eigenvalue weighted by atomic mass is 16.2. The molecule has 1 heterocycles. The second-order valence-electron chi connectivity index (χ2n) is 6.23. The number of carbonyl (C=O) groups excluding carboxylic acids is 2. The highest BCUT2D eigenvalue weighted by Gasteiger charge is 2.59. The molecule has 0 N–H and O–H groups in total. The molecule has 1 aromatic rings. The van der Waals surface area contributed by atoms with Gasteiger partial charge in [0.05, 0.1) is 17.5 Å². The number of aryl methyl sites for hydroxylation is 1. The van der Waals surface area contributed by atoms with Crippen molar-refractivity contribution in [3.8, 4) is 0 Å². The Kier molecular flexibility index (Phi) is 2.27. The lowest BCUT2D eigenvalue weighted by Crippen LogP contribution is -2.33. The third-order valence-corrected chi connectivity index (χ3v) is 5.29. The molecule has 20 heavy (non-hydrogen) atoms. The van der Waals surface area contributed by atoms with E-state index in [1.807, 2.05) is 32.0 Å². The first-order valence-corrected chi connectivity index (χ1v) is 7.22. The van der Waals surface area contributed by atoms with Gasteiger partial charge in [0.15, 0.2) is 0 Å². The van der Waals surface area contributed by atoms with Crippen LogP contribution in [0.5, 0.6) is 0 Å². The minimum atomic E-state index is -0.114. The van der Waals surface area contributed by atoms with Gasteiger partial charge in [0, 0.05) is 0 Å². The highest BCUT2D eigenvalue weighted by Crippen LogP contribution is 2.53. The van der Waals surface area contributed by atoms with E-state index in [1.54, 1.807) is 0 Å². The Balaban J connectivity index is 1.80. The van der Waals surface area contributed by atoms with E-state index < -0.39 is 0 Å². The van der Waals surface area contributed by atoms with E-state index in [1.165, 1.54) is 4.90 Å². The Hall–Kier alpha value is -1.90. The number of fused-ring (bicyclic) bond motifs is 5. The first kappa shape index (κ1) is 11.9. The van der Waals surface area contributed by atoms with Gasteiger partial charge in [-0.1, -0.05) is 24.3 Å². The van der Waals surface area contributed by atoms with Crippen LogP contribution in [0, 0.1) is 37.5 Å². The molecule has 2 fully saturated rings. The number of carbonyl (C=O) groups is 2. The lowest BCUT2D eigenvalue weighted by Gasteiger charge is -2.20. The Bertz CT molecular complexity index is 631. The first-order chi connectivity index (χ1) is 9.59. The predicted molar refractivity (Wildman–Crippen MR) is 76.1 cm³/mol. The number of hydrogen-bond donors (Lipinski definition) is 0. The van der Waals surface area contributed by atoms with Crippen LogP contribution >= 0.6 is 0 Å². The van der Waals surface area contributed by atoms with Crippen LogP contribution in [0.4, 0.5) is 5.69 Å². The fourth-order valence-electron chi connectivity index (χ4n) is 4.12. The third-order valence-electron chi connectivity index (χ3n) is 5.29. The summed E-state index contributed by atoms with van der Waals surface area (Å²) in [7, 11) is 0. The second kappa shape index (κ2) is 3.81. The number of rotatable bonds is 1. The Morgan fingerprint density at radius 2 is 1.60 bits per heavy atom. The number of allylic oxidation sites excluding steroid dienone is 2. The molecule has 0 unspecified atom stereocenters. The molecule has 3 aliphatic rings. The number of benzene rings is 1. The molecule has 4 atom stereocenters. The van der Waals surface area contributed by atoms with Crippen molar-refractivity contribution < 1.29 is 9.59 Å². The zero-order valence-electron chi connectivity index (χ0n) is 11.7. The van der Waals surface area contributed by atoms with Gasteiger partial charge in [-0.05, 0) is 49.3 Å². The van der Waals surface area contributed by atoms with Crippen LogP contribution in [-0.4, -0.2) is 11.8 Å². The van der Waals surface area contributed by atoms with E-state index in [2.05, 4.69) is 12.2 Å². The van der Waals surface area contributed by atoms with Crippen molar-refractivity contribution in [1.82, 2.24) is 0 Å². The fraction of sp³-hybridized carbons (Fsp3) is 0.412. The number of nitrogens with zero attached hydrogens (tertiary/aromatic N) is 1. The van der Waals surface area contributed by atoms with E-state index in [-0.39, 0.29) is 35.5 Å². The molecule has 3 heteroatoms. The largest absolute Gasteiger partial charge is 0.274 e. The van der Waals surface area contributed by atoms with Crippen LogP contribution in [0.3, 0.4) is 0 Å². The van der Waals surface area contributed by atoms with Crippen molar-refractivity contribution in [2.24, 2.45) is 23.7 Å². The Morgan fingerprint density at radius 1 is 1.00 bits per heavy atom. The molecule has 2 amide bonds. The smallest absolute Gasteiger partial charge is 0.238 e. The van der Waals surface area contributed by atoms with Crippen LogP contribution in [0.15, 0.2) is 30.4 Å². The molecule has 1 saturated heterocycles. The molecule has 0 aromatic heterocycles. The van der Waals surface area contributed by atoms with Gasteiger partial charge in [0.1, 0.15) is 0 Å². The SMILES string of the molecule is Cc1cccc(N2C(=O)[C@@H]3[C@H](C2=O)[C@@H]2C=C[C@H]3C2)c1C. The first-order valence-electron chi connectivity index (χ1n) is 7.22. The number of anilines is 1. The van der Waals surface area contributed by atoms with Crippen molar-refractivity contribution in [3.05, 3.63) is 41.5 Å². The van der Waals surface area contributed by atoms with Crippen LogP contribution in [-0.2, 0) is 9.59 Å². The summed E-state index contributed by atoms with van der Waals surface area (Å²) in [6.07, 6.45) is 5.24. The maximum atomic E-state index is 12.7. The number of hydrogen-bond acceptors (Lipinski definition) is 2. The van der Waals surface area contributed by atoms with Gasteiger partial charge >= 0.3 is 0 Å². The molecule has 3 nitrogen and oxygen atoms in total. The molecule has 2 aliphatic carbocycles. The normalized spacial score (nSPS) is 34.2. The number of imide groups is 1. The molecular weight excluding hydrogens is 250 g/mol. The van der Waals surface area contributed by atoms with Crippen molar-refractivity contribution in [2.75, 3.05) is 4.90 Å². The standard InChI is InChI=1S/C17H17NO2/c1-9-4-3-5-13(10(9)2)18-16(19)14-11-6-7-12(8-11)15(14)17(18)20/h3-7,11-12,14-15H,8H2,1-2H3/t11-,12+,14-,15+. The summed E-state index contributed by atoms with van der Waals surface area (Å²) in [5, 5.41) is 0. The molecule has 1 aliphatic heterocycles. The summed E-state index contributed by atoms with van der Waals surface area (Å²) in [5.41, 5.74) is 2.91. The minimum Gasteiger partial charge on any atom is -0.274 e. The third kappa shape index (κ3) is 1.30. The monoisotopic (exact) mass is 267 g/mol. The maximum Gasteiger partial charge on any atom is 0.238 e. The van der Waals surface area contributed by atoms with Crippen LogP contribution in [0.1, 0.15) is 17.5 Å². The molecule has 0 spiro atoms. The van der Waals surface area contributed by atoms with E-state index >= 15 is 0 Å². The lowest BCUT2D eigenvalue weighted by molar-refractivity contribution is -0.123. The van der Waals surface area contributed by atoms with Gasteiger partial charge in [0.25, 0.3) is 0 Å². The van der Waals surface area contributed by atoms with Gasteiger partial charge < -0.3 is 0 Å². The van der Waals surface area contributed by atoms with Gasteiger partial charge in [0.2, 0.25) is 11.8 Å². The summed E-state index contributed by atoms with van der Waals surface area (Å²) in [6.45, 7) is 3.99. The summed E-state index contributed by atoms with van der Waals surface area (Å²) in [5.74, 6) is 0.332. The van der Waals surface area contributed by atoms with E-state index in [0.29, 0.717) is 0 Å². The van der Waals surface area contributed by atoms with Crippen LogP contribution < -0.4 is 4.90 Å². The Labute approximate surface area is 118 Å². The quantitative estimate of drug-likeness (QED) is 0.579. The van der Waals surface area contributed by atoms with E-state index in [9.17, 15) is 9.59 Å². The lowest BCUT2D eigenvalue weighted by atomic mass is 9.85. The van der Waals surface area contributed by atoms with Crippen LogP contribution in [0.2, 0.25) is 0 Å². The molecule has 102 valence electrons. The molecule has 1 aromatic carbocycles. The fourth-order valence-corrected chi connectivity index (χ4v) is 4.12. The average molecular weight is 267 g/mol. The van der Waals surface area contributed by atoms with Crippen molar-refractivity contribution in [1.29, 1.82) is 0 Å². The molecule has 2 bridgehead atoms. The second-order valence-corrected chi connectivity index (χ2v) is 6.23. The van der Waals surface area contributed by atoms with Gasteiger partial charge in [-0.25, -0.2) is 4.90 Å². The minimum absolute atomic E-state index is 0.00514. The summed E-state index contributed by atoms with van der Waals surface area (Å²) >= 11 is 0. The highest BCUT2D eigenvalue weighted by molar-refractivity contribution is 6.23. The van der Waals surface area contributed by atoms with Gasteiger partial charge in [-0.15, -0.1) is 0 Å². The Morgan fingerprint density at radius 3 is 2.20 bits per heavy atom. The zero-order chi connectivity index (χ0) is 14.0. The molecule has 0 radical (unpaired) electrons. The molecular formula is C17H17NO2. The van der Waals surface area contributed by atoms with Crippen molar-refractivity contribution in [3.63, 3.8) is 0 Å². The van der Waals surface area contributed by atoms with Crippen LogP contribution in [0.25, 0.3) is 0 Å². The summed E-state index contributed by atoms with van der Waals surface area (Å²) in [4.78, 5) is 26.9. The average Bonchev–Trinajstić information content (AvgIpc) is 3.09. The molecule has 4 rings (SSSR count). The molecule has 1 saturated carbocycles. The number of amides is 2. The van der Waals surface area contributed by atoms with E-state index in [4.69, 9.17) is 0 Å². The summed E-state index contributed by atoms with van der Waals surface area (Å²) in [6, 6.07) is 5.81. The van der Waals surface area contributed by atoms with Gasteiger partial charge in [-0.2, -0.15) is 0 Å². The zero-order valence-corrected chi connectivity index (χ0v) is 11.7. The summed E-state index contributed by atoms with van der Waals surface area (Å²) < 4.78 is 0. The van der Waals surface area contributed by atoms with Gasteiger partial charge in [-0.3, -0.25) is 9.59 Å². The van der Waals surface area contributed by atoms with Crippen molar-refractivity contribution in [2.45, 2.75) is 20.3 Å².